The van der Waals surface area contributed by atoms with Gasteiger partial charge < -0.3 is 59.8 Å². The number of phosphoric acid groups is 2. The summed E-state index contributed by atoms with van der Waals surface area (Å²) in [6.07, 6.45) is 3.64. The lowest BCUT2D eigenvalue weighted by atomic mass is 9.72. The van der Waals surface area contributed by atoms with Gasteiger partial charge in [0.1, 0.15) is 44.0 Å². The van der Waals surface area contributed by atoms with E-state index in [1.54, 1.807) is 12.1 Å². The monoisotopic (exact) mass is 986 g/mol. The quantitative estimate of drug-likeness (QED) is 0.216. The number of hydrogen-bond donors (Lipinski definition) is 6. The number of amides is 2. The van der Waals surface area contributed by atoms with Crippen LogP contribution in [0.5, 0.6) is 34.5 Å². The van der Waals surface area contributed by atoms with Crippen LogP contribution in [0.2, 0.25) is 0 Å². The number of carbonyl (C=O) groups is 2. The lowest BCUT2D eigenvalue weighted by molar-refractivity contribution is -0.0374. The van der Waals surface area contributed by atoms with Crippen molar-refractivity contribution in [3.05, 3.63) is 65.0 Å². The van der Waals surface area contributed by atoms with Gasteiger partial charge in [0, 0.05) is 36.0 Å². The number of phenols is 2. The van der Waals surface area contributed by atoms with Crippen molar-refractivity contribution in [2.75, 3.05) is 40.1 Å². The highest BCUT2D eigenvalue weighted by Gasteiger charge is 2.60. The van der Waals surface area contributed by atoms with E-state index in [-0.39, 0.29) is 73.3 Å². The Labute approximate surface area is 389 Å². The normalized spacial score (nSPS) is 35.2. The Morgan fingerprint density at radius 3 is 1.90 bits per heavy atom. The molecule has 0 bridgehead atoms. The van der Waals surface area contributed by atoms with Crippen LogP contribution in [-0.2, 0) is 36.3 Å². The second-order valence-electron chi connectivity index (χ2n) is 18.2. The van der Waals surface area contributed by atoms with Gasteiger partial charge in [-0.05, 0) is 74.3 Å². The molecule has 366 valence electrons. The third kappa shape index (κ3) is 7.92. The van der Waals surface area contributed by atoms with Gasteiger partial charge >= 0.3 is 15.6 Å². The molecule has 22 nitrogen and oxygen atoms in total. The van der Waals surface area contributed by atoms with Crippen molar-refractivity contribution in [3.8, 4) is 34.5 Å². The Hall–Kier alpha value is -4.86. The molecule has 24 heteroatoms. The first-order chi connectivity index (χ1) is 32.7. The third-order valence-electron chi connectivity index (χ3n) is 14.1. The summed E-state index contributed by atoms with van der Waals surface area (Å²) in [7, 11) is -8.03. The van der Waals surface area contributed by atoms with E-state index in [0.29, 0.717) is 22.4 Å². The predicted octanol–water partition coefficient (Wildman–Crippen LogP) is 4.58. The molecule has 8 heterocycles. The molecular formula is C44H52N4O18P2. The lowest BCUT2D eigenvalue weighted by Gasteiger charge is -2.43. The zero-order valence-corrected chi connectivity index (χ0v) is 38.5. The first-order valence-corrected chi connectivity index (χ1v) is 25.7. The van der Waals surface area contributed by atoms with Crippen molar-refractivity contribution < 1.29 is 85.2 Å². The van der Waals surface area contributed by atoms with Crippen molar-refractivity contribution in [2.24, 2.45) is 0 Å². The second kappa shape index (κ2) is 17.5. The van der Waals surface area contributed by atoms with E-state index in [9.17, 15) is 39.1 Å². The molecule has 0 aromatic heterocycles. The smallest absolute Gasteiger partial charge is 0.477 e. The van der Waals surface area contributed by atoms with Crippen molar-refractivity contribution >= 4 is 33.0 Å². The molecule has 12 rings (SSSR count). The van der Waals surface area contributed by atoms with Crippen molar-refractivity contribution in [2.45, 2.75) is 112 Å². The number of nitrogens with zero attached hydrogens (tertiary/aromatic N) is 2. The molecule has 11 atom stereocenters. The number of fused-ring (bicyclic) bond motifs is 12. The summed E-state index contributed by atoms with van der Waals surface area (Å²) in [5, 5.41) is 48.5. The number of likely N-dealkylation sites (tertiary alicyclic amines) is 2. The molecule has 8 aliphatic heterocycles. The van der Waals surface area contributed by atoms with E-state index in [4.69, 9.17) is 46.1 Å². The topological polar surface area (TPSA) is 272 Å². The fourth-order valence-corrected chi connectivity index (χ4v) is 13.8. The molecule has 0 spiro atoms. The number of rotatable bonds is 6. The van der Waals surface area contributed by atoms with Crippen LogP contribution in [0.4, 0.5) is 0 Å². The molecule has 2 aromatic rings. The molecule has 5 fully saturated rings. The molecule has 2 aliphatic carbocycles. The minimum atomic E-state index is -4.03. The number of allylic oxidation sites excluding steroid dienone is 2. The van der Waals surface area contributed by atoms with Crippen molar-refractivity contribution in [3.63, 3.8) is 0 Å². The zero-order chi connectivity index (χ0) is 47.2. The van der Waals surface area contributed by atoms with Gasteiger partial charge in [-0.3, -0.25) is 36.7 Å². The SMILES string of the molecule is C=C1CCCCCN1COP1(=O)O[C@@H]2[C@H](O1)[C@@H](O)C=C1c3cc4c(c(O)c3C(=O)N[C@H]12)OCO4.C=C1CCCCCN1COP1(=O)O[C@H]2[C@@H]3NC(=O)c4c(cc5c(c4O)OCO5)[C@H]3C[C@H](O)[C@H]2O1. The number of hydrogen-bond acceptors (Lipinski definition) is 20. The van der Waals surface area contributed by atoms with Crippen LogP contribution in [0.1, 0.15) is 95.5 Å². The minimum absolute atomic E-state index is 0.00623. The maximum Gasteiger partial charge on any atom is 0.477 e. The highest BCUT2D eigenvalue weighted by atomic mass is 31.2. The molecule has 68 heavy (non-hydrogen) atoms. The largest absolute Gasteiger partial charge is 0.504 e. The molecule has 10 aliphatic rings. The molecule has 1 saturated carbocycles. The molecule has 6 N–H and O–H groups in total. The third-order valence-corrected chi connectivity index (χ3v) is 17.0. The number of ether oxygens (including phenoxy) is 4. The van der Waals surface area contributed by atoms with Crippen LogP contribution >= 0.6 is 15.6 Å². The summed E-state index contributed by atoms with van der Waals surface area (Å²) in [6, 6.07) is 1.82. The number of carbonyl (C=O) groups excluding carboxylic acids is 2. The fraction of sp³-hybridized carbons (Fsp3) is 0.545. The van der Waals surface area contributed by atoms with Gasteiger partial charge in [0.15, 0.2) is 23.0 Å². The van der Waals surface area contributed by atoms with E-state index in [0.717, 1.165) is 75.9 Å². The van der Waals surface area contributed by atoms with Crippen molar-refractivity contribution in [1.82, 2.24) is 20.4 Å². The van der Waals surface area contributed by atoms with Crippen LogP contribution in [0.15, 0.2) is 42.8 Å². The fourth-order valence-electron chi connectivity index (χ4n) is 10.7. The first kappa shape index (κ1) is 45.6. The van der Waals surface area contributed by atoms with Crippen LogP contribution < -0.4 is 29.6 Å². The average Bonchev–Trinajstić information content (AvgIpc) is 4.08. The van der Waals surface area contributed by atoms with Gasteiger partial charge in [0.25, 0.3) is 11.8 Å². The van der Waals surface area contributed by atoms with Crippen LogP contribution in [0, 0.1) is 0 Å². The summed E-state index contributed by atoms with van der Waals surface area (Å²) in [6.45, 7) is 9.46. The standard InChI is InChI=1S/C22H27N2O9P.C22H25N2O9P/c2*1-11-5-3-2-4-6-24(11)9-31-34(28)32-19-14(25)7-13-12-8-15-20(30-10-29-15)18(26)16(12)22(27)23-17(13)21(19)33-34/h8,13-14,17,19,21,25-26H,1-7,9-10H2,(H,23,27);7-8,14,17,19,21,25-26H,1-6,9-10H2,(H,23,27)/t13-,14+,17-,19-,21+,34?;14-,17+,19+,21-,34?/m10/s1. The summed E-state index contributed by atoms with van der Waals surface area (Å²) < 4.78 is 82.0. The highest BCUT2D eigenvalue weighted by Crippen LogP contribution is 2.63. The number of nitrogens with one attached hydrogen (secondary N) is 2. The molecule has 2 unspecified atom stereocenters. The predicted molar refractivity (Wildman–Crippen MR) is 234 cm³/mol. The molecule has 0 radical (unpaired) electrons. The Morgan fingerprint density at radius 2 is 1.25 bits per heavy atom. The Morgan fingerprint density at radius 1 is 0.691 bits per heavy atom. The molecule has 2 amide bonds. The number of aliphatic hydroxyl groups is 2. The van der Waals surface area contributed by atoms with Gasteiger partial charge in [-0.2, -0.15) is 0 Å². The number of aliphatic hydroxyl groups excluding tert-OH is 2. The van der Waals surface area contributed by atoms with Gasteiger partial charge in [-0.1, -0.05) is 26.0 Å². The summed E-state index contributed by atoms with van der Waals surface area (Å²) in [5.74, 6) is -1.31. The average molecular weight is 987 g/mol. The summed E-state index contributed by atoms with van der Waals surface area (Å²) in [4.78, 5) is 29.7. The Kier molecular flexibility index (Phi) is 11.7. The van der Waals surface area contributed by atoms with Gasteiger partial charge in [0.2, 0.25) is 25.1 Å². The number of benzene rings is 2. The van der Waals surface area contributed by atoms with E-state index >= 15 is 0 Å². The Balaban J connectivity index is 0.000000149. The summed E-state index contributed by atoms with van der Waals surface area (Å²) >= 11 is 0. The van der Waals surface area contributed by atoms with Crippen molar-refractivity contribution in [1.29, 1.82) is 0 Å². The Bertz CT molecular complexity index is 2560. The summed E-state index contributed by atoms with van der Waals surface area (Å²) in [5.41, 5.74) is 3.29. The highest BCUT2D eigenvalue weighted by molar-refractivity contribution is 7.49. The number of phenolic OH excluding ortho intramolecular Hbond substituents is 2. The molecular weight excluding hydrogens is 934 g/mol. The van der Waals surface area contributed by atoms with Crippen LogP contribution in [0.3, 0.4) is 0 Å². The lowest BCUT2D eigenvalue weighted by Crippen LogP contribution is -2.60. The van der Waals surface area contributed by atoms with E-state index in [1.807, 2.05) is 9.80 Å². The number of phosphoric ester groups is 2. The second-order valence-corrected chi connectivity index (χ2v) is 21.4. The van der Waals surface area contributed by atoms with E-state index < -0.39 is 82.1 Å². The van der Waals surface area contributed by atoms with Gasteiger partial charge in [-0.15, -0.1) is 0 Å². The van der Waals surface area contributed by atoms with E-state index in [1.165, 1.54) is 6.08 Å². The van der Waals surface area contributed by atoms with Crippen LogP contribution in [0.25, 0.3) is 5.57 Å². The van der Waals surface area contributed by atoms with E-state index in [2.05, 4.69) is 23.8 Å². The molecule has 2 aromatic carbocycles. The van der Waals surface area contributed by atoms with Gasteiger partial charge in [0.05, 0.1) is 29.3 Å². The zero-order valence-electron chi connectivity index (χ0n) is 36.7. The first-order valence-electron chi connectivity index (χ1n) is 22.8. The molecule has 4 saturated heterocycles. The number of aromatic hydroxyl groups is 2. The van der Waals surface area contributed by atoms with Gasteiger partial charge in [-0.25, -0.2) is 9.13 Å². The minimum Gasteiger partial charge on any atom is -0.504 e. The van der Waals surface area contributed by atoms with Crippen LogP contribution in [-0.4, -0.2) is 131 Å². The maximum absolute atomic E-state index is 13.3. The maximum atomic E-state index is 13.3.